The van der Waals surface area contributed by atoms with Crippen LogP contribution in [0.2, 0.25) is 15.1 Å². The average molecular weight is 673 g/mol. The van der Waals surface area contributed by atoms with Crippen LogP contribution in [0.4, 0.5) is 5.69 Å². The molecule has 44 heavy (non-hydrogen) atoms. The molecule has 0 aliphatic heterocycles. The Labute approximate surface area is 273 Å². The lowest BCUT2D eigenvalue weighted by molar-refractivity contribution is -0.139. The van der Waals surface area contributed by atoms with Gasteiger partial charge in [0.1, 0.15) is 12.6 Å². The van der Waals surface area contributed by atoms with E-state index in [9.17, 15) is 18.0 Å². The van der Waals surface area contributed by atoms with Crippen molar-refractivity contribution in [1.82, 2.24) is 10.2 Å². The van der Waals surface area contributed by atoms with Crippen LogP contribution in [0, 0.1) is 13.8 Å². The van der Waals surface area contributed by atoms with Gasteiger partial charge >= 0.3 is 0 Å². The molecule has 1 unspecified atom stereocenters. The number of halogens is 3. The van der Waals surface area contributed by atoms with Crippen LogP contribution < -0.4 is 9.62 Å². The fourth-order valence-corrected chi connectivity index (χ4v) is 6.56. The number of amides is 2. The highest BCUT2D eigenvalue weighted by Crippen LogP contribution is 2.29. The van der Waals surface area contributed by atoms with Crippen LogP contribution in [-0.2, 0) is 32.6 Å². The molecule has 0 heterocycles. The molecule has 0 spiro atoms. The average Bonchev–Trinajstić information content (AvgIpc) is 3.01. The van der Waals surface area contributed by atoms with E-state index in [0.717, 1.165) is 21.0 Å². The van der Waals surface area contributed by atoms with Gasteiger partial charge in [0.2, 0.25) is 11.8 Å². The molecule has 4 rings (SSSR count). The van der Waals surface area contributed by atoms with Crippen LogP contribution in [0.3, 0.4) is 0 Å². The molecular weight excluding hydrogens is 641 g/mol. The number of carbonyl (C=O) groups excluding carboxylic acids is 2. The quantitative estimate of drug-likeness (QED) is 0.189. The van der Waals surface area contributed by atoms with Crippen molar-refractivity contribution < 1.29 is 18.0 Å². The number of benzene rings is 4. The van der Waals surface area contributed by atoms with Crippen molar-refractivity contribution in [3.63, 3.8) is 0 Å². The summed E-state index contributed by atoms with van der Waals surface area (Å²) in [6.45, 7) is 3.02. The second kappa shape index (κ2) is 14.5. The van der Waals surface area contributed by atoms with Gasteiger partial charge in [0.25, 0.3) is 10.0 Å². The number of rotatable bonds is 11. The van der Waals surface area contributed by atoms with Crippen molar-refractivity contribution in [2.45, 2.75) is 37.8 Å². The fraction of sp³-hybridized carbons (Fsp3) is 0.212. The second-order valence-corrected chi connectivity index (χ2v) is 13.4. The fourth-order valence-electron chi connectivity index (χ4n) is 4.66. The van der Waals surface area contributed by atoms with Gasteiger partial charge in [-0.25, -0.2) is 8.42 Å². The largest absolute Gasteiger partial charge is 0.357 e. The predicted molar refractivity (Wildman–Crippen MR) is 177 cm³/mol. The van der Waals surface area contributed by atoms with Crippen LogP contribution in [0.25, 0.3) is 0 Å². The van der Waals surface area contributed by atoms with Gasteiger partial charge in [-0.05, 0) is 66.9 Å². The van der Waals surface area contributed by atoms with E-state index in [4.69, 9.17) is 34.8 Å². The lowest BCUT2D eigenvalue weighted by atomic mass is 10.0. The van der Waals surface area contributed by atoms with Crippen molar-refractivity contribution in [1.29, 1.82) is 0 Å². The second-order valence-electron chi connectivity index (χ2n) is 10.3. The Morgan fingerprint density at radius 3 is 2.09 bits per heavy atom. The number of nitrogens with zero attached hydrogens (tertiary/aromatic N) is 2. The molecule has 0 aliphatic carbocycles. The first-order chi connectivity index (χ1) is 20.9. The molecule has 1 atom stereocenters. The summed E-state index contributed by atoms with van der Waals surface area (Å²) in [5.41, 5.74) is 3.28. The summed E-state index contributed by atoms with van der Waals surface area (Å²) in [7, 11) is -2.75. The van der Waals surface area contributed by atoms with Gasteiger partial charge in [0.05, 0.1) is 20.6 Å². The zero-order valence-electron chi connectivity index (χ0n) is 24.4. The van der Waals surface area contributed by atoms with E-state index in [2.05, 4.69) is 5.32 Å². The molecule has 0 bridgehead atoms. The number of nitrogens with one attached hydrogen (secondary N) is 1. The normalized spacial score (nSPS) is 12.0. The van der Waals surface area contributed by atoms with E-state index in [1.807, 2.05) is 37.3 Å². The zero-order chi connectivity index (χ0) is 32.0. The number of anilines is 1. The minimum absolute atomic E-state index is 0.00997. The summed E-state index contributed by atoms with van der Waals surface area (Å²) in [4.78, 5) is 29.1. The predicted octanol–water partition coefficient (Wildman–Crippen LogP) is 6.85. The van der Waals surface area contributed by atoms with Crippen LogP contribution in [0.5, 0.6) is 0 Å². The van der Waals surface area contributed by atoms with Gasteiger partial charge < -0.3 is 10.2 Å². The van der Waals surface area contributed by atoms with E-state index in [-0.39, 0.29) is 28.6 Å². The summed E-state index contributed by atoms with van der Waals surface area (Å²) in [5.74, 6) is -1.01. The molecule has 4 aromatic rings. The molecule has 2 amide bonds. The van der Waals surface area contributed by atoms with Gasteiger partial charge in [-0.15, -0.1) is 0 Å². The van der Waals surface area contributed by atoms with E-state index in [0.29, 0.717) is 15.6 Å². The summed E-state index contributed by atoms with van der Waals surface area (Å²) < 4.78 is 29.2. The van der Waals surface area contributed by atoms with Gasteiger partial charge in [-0.2, -0.15) is 0 Å². The Morgan fingerprint density at radius 1 is 0.795 bits per heavy atom. The highest BCUT2D eigenvalue weighted by Gasteiger charge is 2.34. The van der Waals surface area contributed by atoms with Crippen LogP contribution >= 0.6 is 34.8 Å². The molecule has 0 saturated carbocycles. The third-order valence-corrected chi connectivity index (χ3v) is 10.1. The first-order valence-corrected chi connectivity index (χ1v) is 16.3. The molecule has 1 N–H and O–H groups in total. The minimum Gasteiger partial charge on any atom is -0.357 e. The molecule has 0 saturated heterocycles. The first kappa shape index (κ1) is 33.3. The Bertz CT molecular complexity index is 1750. The van der Waals surface area contributed by atoms with E-state index in [1.165, 1.54) is 30.1 Å². The molecule has 11 heteroatoms. The Morgan fingerprint density at radius 2 is 1.48 bits per heavy atom. The molecule has 4 aromatic carbocycles. The van der Waals surface area contributed by atoms with Crippen LogP contribution in [0.15, 0.2) is 95.9 Å². The SMILES string of the molecule is CNC(=O)C(Cc1ccccc1)N(Cc1ccc(Cl)c(Cl)c1)C(=O)CN(c1ccc(C)c(Cl)c1)S(=O)(=O)c1ccc(C)cc1. The number of carbonyl (C=O) groups is 2. The number of hydrogen-bond donors (Lipinski definition) is 1. The minimum atomic E-state index is -4.24. The molecule has 0 fully saturated rings. The number of hydrogen-bond acceptors (Lipinski definition) is 4. The lowest BCUT2D eigenvalue weighted by Gasteiger charge is -2.33. The van der Waals surface area contributed by atoms with Crippen molar-refractivity contribution in [3.8, 4) is 0 Å². The highest BCUT2D eigenvalue weighted by atomic mass is 35.5. The van der Waals surface area contributed by atoms with Crippen molar-refractivity contribution in [2.75, 3.05) is 17.9 Å². The molecule has 0 aliphatic rings. The van der Waals surface area contributed by atoms with Crippen LogP contribution in [-0.4, -0.2) is 44.8 Å². The number of aryl methyl sites for hydroxylation is 2. The summed E-state index contributed by atoms with van der Waals surface area (Å²) >= 11 is 18.8. The van der Waals surface area contributed by atoms with Crippen LogP contribution in [0.1, 0.15) is 22.3 Å². The lowest BCUT2D eigenvalue weighted by Crippen LogP contribution is -2.53. The van der Waals surface area contributed by atoms with Crippen molar-refractivity contribution >= 4 is 62.3 Å². The Kier molecular flexibility index (Phi) is 11.0. The van der Waals surface area contributed by atoms with Crippen molar-refractivity contribution in [2.24, 2.45) is 0 Å². The molecular formula is C33H32Cl3N3O4S. The first-order valence-electron chi connectivity index (χ1n) is 13.7. The topological polar surface area (TPSA) is 86.8 Å². The Hall–Kier alpha value is -3.56. The summed E-state index contributed by atoms with van der Waals surface area (Å²) in [5, 5.41) is 3.63. The smallest absolute Gasteiger partial charge is 0.264 e. The number of sulfonamides is 1. The maximum atomic E-state index is 14.4. The van der Waals surface area contributed by atoms with E-state index in [1.54, 1.807) is 49.4 Å². The van der Waals surface area contributed by atoms with Gasteiger partial charge in [-0.3, -0.25) is 13.9 Å². The van der Waals surface area contributed by atoms with E-state index >= 15 is 0 Å². The monoisotopic (exact) mass is 671 g/mol. The Balaban J connectivity index is 1.81. The molecule has 230 valence electrons. The van der Waals surface area contributed by atoms with Gasteiger partial charge in [0, 0.05) is 25.0 Å². The van der Waals surface area contributed by atoms with Gasteiger partial charge in [-0.1, -0.05) is 95.0 Å². The standard InChI is InChI=1S/C33H32Cl3N3O4S/c1-22-9-14-27(15-10-22)44(42,43)39(26-13-11-23(2)29(35)19-26)21-32(40)38(20-25-12-16-28(34)30(36)17-25)31(33(41)37-3)18-24-7-5-4-6-8-24/h4-17,19,31H,18,20-21H2,1-3H3,(H,37,41). The maximum Gasteiger partial charge on any atom is 0.264 e. The van der Waals surface area contributed by atoms with Gasteiger partial charge in [0.15, 0.2) is 0 Å². The third kappa shape index (κ3) is 7.93. The molecule has 0 aromatic heterocycles. The van der Waals surface area contributed by atoms with E-state index < -0.39 is 34.4 Å². The maximum absolute atomic E-state index is 14.4. The highest BCUT2D eigenvalue weighted by molar-refractivity contribution is 7.92. The molecule has 0 radical (unpaired) electrons. The van der Waals surface area contributed by atoms with Crippen molar-refractivity contribution in [3.05, 3.63) is 128 Å². The third-order valence-electron chi connectivity index (χ3n) is 7.19. The summed E-state index contributed by atoms with van der Waals surface area (Å²) in [6.07, 6.45) is 0.189. The summed E-state index contributed by atoms with van der Waals surface area (Å²) in [6, 6.07) is 24.4. The number of likely N-dealkylation sites (N-methyl/N-ethyl adjacent to an activating group) is 1. The zero-order valence-corrected chi connectivity index (χ0v) is 27.5. The molecule has 7 nitrogen and oxygen atoms in total.